The quantitative estimate of drug-likeness (QED) is 0.594. The molecule has 64 valence electrons. The molecule has 2 fully saturated rings. The topological polar surface area (TPSA) is 46.2 Å². The normalized spacial score (nSPS) is 47.7. The van der Waals surface area contributed by atoms with E-state index in [0.29, 0.717) is 5.92 Å². The third-order valence-corrected chi connectivity index (χ3v) is 3.66. The zero-order valence-electron chi connectivity index (χ0n) is 7.14. The lowest BCUT2D eigenvalue weighted by molar-refractivity contribution is 0.00574. The third kappa shape index (κ3) is 0.859. The monoisotopic (exact) mass is 155 g/mol. The van der Waals surface area contributed by atoms with E-state index >= 15 is 0 Å². The molecule has 2 heteroatoms. The minimum atomic E-state index is -0.508. The molecule has 0 aromatic heterocycles. The van der Waals surface area contributed by atoms with Gasteiger partial charge in [0.25, 0.3) is 0 Å². The van der Waals surface area contributed by atoms with Gasteiger partial charge in [-0.25, -0.2) is 0 Å². The first-order valence-electron chi connectivity index (χ1n) is 4.60. The molecule has 2 aliphatic rings. The van der Waals surface area contributed by atoms with Gasteiger partial charge in [-0.1, -0.05) is 19.8 Å². The summed E-state index contributed by atoms with van der Waals surface area (Å²) >= 11 is 0. The van der Waals surface area contributed by atoms with Crippen LogP contribution in [0, 0.1) is 5.92 Å². The van der Waals surface area contributed by atoms with Crippen LogP contribution in [0.2, 0.25) is 0 Å². The number of hydrogen-bond acceptors (Lipinski definition) is 2. The summed E-state index contributed by atoms with van der Waals surface area (Å²) in [5.41, 5.74) is 5.35. The Morgan fingerprint density at radius 1 is 1.36 bits per heavy atom. The fourth-order valence-electron chi connectivity index (χ4n) is 2.52. The number of nitrogens with two attached hydrogens (primary N) is 1. The van der Waals surface area contributed by atoms with E-state index in [1.807, 2.05) is 0 Å². The zero-order valence-corrected chi connectivity index (χ0v) is 7.14. The fourth-order valence-corrected chi connectivity index (χ4v) is 2.52. The van der Waals surface area contributed by atoms with Crippen molar-refractivity contribution in [2.75, 3.05) is 0 Å². The molecule has 0 spiro atoms. The number of aliphatic hydroxyl groups is 1. The Bertz CT molecular complexity index is 174. The van der Waals surface area contributed by atoms with E-state index in [9.17, 15) is 5.11 Å². The highest BCUT2D eigenvalue weighted by atomic mass is 16.3. The van der Waals surface area contributed by atoms with Crippen molar-refractivity contribution in [3.8, 4) is 0 Å². The molecule has 2 saturated carbocycles. The SMILES string of the molecule is CC1CC1(N)C1(O)CCCC1. The van der Waals surface area contributed by atoms with Gasteiger partial charge >= 0.3 is 0 Å². The van der Waals surface area contributed by atoms with Crippen LogP contribution in [0.3, 0.4) is 0 Å². The van der Waals surface area contributed by atoms with Crippen molar-refractivity contribution in [2.45, 2.75) is 50.2 Å². The van der Waals surface area contributed by atoms with E-state index in [4.69, 9.17) is 5.73 Å². The van der Waals surface area contributed by atoms with Gasteiger partial charge in [-0.05, 0) is 25.2 Å². The first-order valence-corrected chi connectivity index (χ1v) is 4.60. The van der Waals surface area contributed by atoms with Crippen LogP contribution in [-0.4, -0.2) is 16.2 Å². The lowest BCUT2D eigenvalue weighted by Crippen LogP contribution is -2.49. The van der Waals surface area contributed by atoms with Crippen molar-refractivity contribution in [1.29, 1.82) is 0 Å². The van der Waals surface area contributed by atoms with Gasteiger partial charge in [0.1, 0.15) is 0 Å². The Labute approximate surface area is 67.8 Å². The Hall–Kier alpha value is -0.0800. The largest absolute Gasteiger partial charge is 0.388 e. The van der Waals surface area contributed by atoms with E-state index in [1.54, 1.807) is 0 Å². The van der Waals surface area contributed by atoms with Crippen LogP contribution in [0.25, 0.3) is 0 Å². The average Bonchev–Trinajstić information content (AvgIpc) is 2.46. The van der Waals surface area contributed by atoms with E-state index < -0.39 is 5.60 Å². The average molecular weight is 155 g/mol. The lowest BCUT2D eigenvalue weighted by Gasteiger charge is -2.30. The fraction of sp³-hybridized carbons (Fsp3) is 1.00. The first kappa shape index (κ1) is 7.56. The van der Waals surface area contributed by atoms with Crippen LogP contribution in [0.5, 0.6) is 0 Å². The van der Waals surface area contributed by atoms with Gasteiger partial charge < -0.3 is 10.8 Å². The highest BCUT2D eigenvalue weighted by molar-refractivity contribution is 5.19. The summed E-state index contributed by atoms with van der Waals surface area (Å²) in [6, 6.07) is 0. The molecule has 0 amide bonds. The molecule has 0 aromatic rings. The maximum Gasteiger partial charge on any atom is 0.0829 e. The van der Waals surface area contributed by atoms with Crippen molar-refractivity contribution in [1.82, 2.24) is 0 Å². The van der Waals surface area contributed by atoms with Gasteiger partial charge in [-0.2, -0.15) is 0 Å². The van der Waals surface area contributed by atoms with Gasteiger partial charge in [-0.15, -0.1) is 0 Å². The molecule has 2 atom stereocenters. The van der Waals surface area contributed by atoms with Crippen molar-refractivity contribution in [2.24, 2.45) is 11.7 Å². The minimum Gasteiger partial charge on any atom is -0.388 e. The molecule has 3 N–H and O–H groups in total. The van der Waals surface area contributed by atoms with Gasteiger partial charge in [0.2, 0.25) is 0 Å². The molecule has 11 heavy (non-hydrogen) atoms. The van der Waals surface area contributed by atoms with E-state index in [1.165, 1.54) is 0 Å². The van der Waals surface area contributed by atoms with Gasteiger partial charge in [0, 0.05) is 5.54 Å². The van der Waals surface area contributed by atoms with Crippen LogP contribution >= 0.6 is 0 Å². The molecular weight excluding hydrogens is 138 g/mol. The summed E-state index contributed by atoms with van der Waals surface area (Å²) in [6.07, 6.45) is 5.18. The molecule has 2 rings (SSSR count). The Morgan fingerprint density at radius 2 is 1.82 bits per heavy atom. The summed E-state index contributed by atoms with van der Waals surface area (Å²) in [5, 5.41) is 10.1. The van der Waals surface area contributed by atoms with E-state index in [2.05, 4.69) is 6.92 Å². The molecule has 2 aliphatic carbocycles. The molecule has 2 unspecified atom stereocenters. The van der Waals surface area contributed by atoms with Gasteiger partial charge in [0.05, 0.1) is 5.60 Å². The highest BCUT2D eigenvalue weighted by Gasteiger charge is 2.61. The maximum absolute atomic E-state index is 10.1. The summed E-state index contributed by atoms with van der Waals surface area (Å²) in [5.74, 6) is 0.533. The third-order valence-electron chi connectivity index (χ3n) is 3.66. The van der Waals surface area contributed by atoms with Crippen molar-refractivity contribution in [3.63, 3.8) is 0 Å². The predicted molar refractivity (Wildman–Crippen MR) is 44.1 cm³/mol. The highest BCUT2D eigenvalue weighted by Crippen LogP contribution is 2.54. The lowest BCUT2D eigenvalue weighted by atomic mass is 9.89. The zero-order chi connectivity index (χ0) is 8.11. The second-order valence-electron chi connectivity index (χ2n) is 4.38. The first-order chi connectivity index (χ1) is 5.08. The minimum absolute atomic E-state index is 0.219. The number of rotatable bonds is 1. The molecule has 0 radical (unpaired) electrons. The maximum atomic E-state index is 10.1. The Balaban J connectivity index is 2.14. The second kappa shape index (κ2) is 1.99. The summed E-state index contributed by atoms with van der Waals surface area (Å²) in [6.45, 7) is 2.14. The number of hydrogen-bond donors (Lipinski definition) is 2. The molecule has 2 nitrogen and oxygen atoms in total. The summed E-state index contributed by atoms with van der Waals surface area (Å²) in [4.78, 5) is 0. The Morgan fingerprint density at radius 3 is 2.18 bits per heavy atom. The van der Waals surface area contributed by atoms with Crippen molar-refractivity contribution in [3.05, 3.63) is 0 Å². The summed E-state index contributed by atoms with van der Waals surface area (Å²) in [7, 11) is 0. The predicted octanol–water partition coefficient (Wildman–Crippen LogP) is 1.03. The van der Waals surface area contributed by atoms with Crippen LogP contribution in [0.1, 0.15) is 39.0 Å². The molecule has 0 aliphatic heterocycles. The molecule has 0 saturated heterocycles. The standard InChI is InChI=1S/C9H17NO/c1-7-6-9(7,10)8(11)4-2-3-5-8/h7,11H,2-6,10H2,1H3. The second-order valence-corrected chi connectivity index (χ2v) is 4.38. The van der Waals surface area contributed by atoms with Crippen LogP contribution in [-0.2, 0) is 0 Å². The summed E-state index contributed by atoms with van der Waals surface area (Å²) < 4.78 is 0. The molecular formula is C9H17NO. The molecule has 0 aromatic carbocycles. The smallest absolute Gasteiger partial charge is 0.0829 e. The van der Waals surface area contributed by atoms with E-state index in [-0.39, 0.29) is 5.54 Å². The molecule has 0 bridgehead atoms. The van der Waals surface area contributed by atoms with Gasteiger partial charge in [-0.3, -0.25) is 0 Å². The van der Waals surface area contributed by atoms with E-state index in [0.717, 1.165) is 32.1 Å². The van der Waals surface area contributed by atoms with Crippen LogP contribution in [0.15, 0.2) is 0 Å². The van der Waals surface area contributed by atoms with Gasteiger partial charge in [0.15, 0.2) is 0 Å². The Kier molecular flexibility index (Phi) is 1.37. The van der Waals surface area contributed by atoms with Crippen LogP contribution < -0.4 is 5.73 Å². The van der Waals surface area contributed by atoms with Crippen molar-refractivity contribution < 1.29 is 5.11 Å². The molecule has 0 heterocycles. The van der Waals surface area contributed by atoms with Crippen LogP contribution in [0.4, 0.5) is 0 Å². The van der Waals surface area contributed by atoms with Crippen molar-refractivity contribution >= 4 is 0 Å².